The summed E-state index contributed by atoms with van der Waals surface area (Å²) in [6.45, 7) is 2.60. The number of halogens is 2. The molecule has 2 rings (SSSR count). The number of rotatable bonds is 4. The van der Waals surface area contributed by atoms with Gasteiger partial charge in [-0.3, -0.25) is 14.0 Å². The second-order valence-electron chi connectivity index (χ2n) is 4.86. The highest BCUT2D eigenvalue weighted by molar-refractivity contribution is 6.03. The first-order chi connectivity index (χ1) is 9.86. The maximum absolute atomic E-state index is 13.0. The fraction of sp³-hybridized carbons (Fsp3) is 0.429. The standard InChI is InChI=1S/C14H18F2N4O/c1-5-10-9(3)12(19(4)18-10)17-13(21)11-7-6-8(2)20(11)14(15)16/h6-7,14H,5H2,1-4H3,(H,17,21). The molecule has 2 heterocycles. The number of carbonyl (C=O) groups excluding carboxylic acids is 1. The summed E-state index contributed by atoms with van der Waals surface area (Å²) in [6.07, 6.45) is 0.738. The van der Waals surface area contributed by atoms with Crippen molar-refractivity contribution in [3.05, 3.63) is 34.8 Å². The van der Waals surface area contributed by atoms with Gasteiger partial charge in [-0.25, -0.2) is 0 Å². The summed E-state index contributed by atoms with van der Waals surface area (Å²) in [5, 5.41) is 6.95. The topological polar surface area (TPSA) is 51.9 Å². The van der Waals surface area contributed by atoms with Gasteiger partial charge in [-0.1, -0.05) is 6.92 Å². The molecule has 1 N–H and O–H groups in total. The van der Waals surface area contributed by atoms with Crippen LogP contribution in [0.3, 0.4) is 0 Å². The number of aromatic nitrogens is 3. The van der Waals surface area contributed by atoms with Gasteiger partial charge in [0.05, 0.1) is 5.69 Å². The molecule has 0 aliphatic rings. The molecule has 5 nitrogen and oxygen atoms in total. The predicted molar refractivity (Wildman–Crippen MR) is 75.7 cm³/mol. The van der Waals surface area contributed by atoms with E-state index >= 15 is 0 Å². The van der Waals surface area contributed by atoms with E-state index in [4.69, 9.17) is 0 Å². The molecule has 0 bridgehead atoms. The summed E-state index contributed by atoms with van der Waals surface area (Å²) in [7, 11) is 1.71. The van der Waals surface area contributed by atoms with E-state index in [1.807, 2.05) is 13.8 Å². The van der Waals surface area contributed by atoms with Crippen LogP contribution in [0.5, 0.6) is 0 Å². The quantitative estimate of drug-likeness (QED) is 0.942. The second-order valence-corrected chi connectivity index (χ2v) is 4.86. The van der Waals surface area contributed by atoms with Crippen LogP contribution in [-0.2, 0) is 13.5 Å². The lowest BCUT2D eigenvalue weighted by Gasteiger charge is -2.11. The number of carbonyl (C=O) groups is 1. The molecule has 0 aliphatic carbocycles. The number of hydrogen-bond acceptors (Lipinski definition) is 2. The van der Waals surface area contributed by atoms with Crippen molar-refractivity contribution in [2.45, 2.75) is 33.7 Å². The van der Waals surface area contributed by atoms with Crippen LogP contribution in [0.25, 0.3) is 0 Å². The number of amides is 1. The molecule has 0 radical (unpaired) electrons. The number of alkyl halides is 2. The van der Waals surface area contributed by atoms with E-state index in [9.17, 15) is 13.6 Å². The molecule has 0 atom stereocenters. The third kappa shape index (κ3) is 2.68. The molecule has 0 saturated heterocycles. The fourth-order valence-corrected chi connectivity index (χ4v) is 2.36. The third-order valence-corrected chi connectivity index (χ3v) is 3.50. The molecule has 7 heteroatoms. The molecular weight excluding hydrogens is 278 g/mol. The van der Waals surface area contributed by atoms with Crippen LogP contribution >= 0.6 is 0 Å². The van der Waals surface area contributed by atoms with Gasteiger partial charge in [0.25, 0.3) is 5.91 Å². The van der Waals surface area contributed by atoms with Crippen molar-refractivity contribution in [2.24, 2.45) is 7.05 Å². The highest BCUT2D eigenvalue weighted by Gasteiger charge is 2.21. The molecule has 0 aliphatic heterocycles. The van der Waals surface area contributed by atoms with Gasteiger partial charge < -0.3 is 5.32 Å². The zero-order valence-corrected chi connectivity index (χ0v) is 12.4. The third-order valence-electron chi connectivity index (χ3n) is 3.50. The van der Waals surface area contributed by atoms with Gasteiger partial charge in [0.1, 0.15) is 11.5 Å². The van der Waals surface area contributed by atoms with Gasteiger partial charge in [0.15, 0.2) is 0 Å². The van der Waals surface area contributed by atoms with Crippen LogP contribution in [-0.4, -0.2) is 20.3 Å². The Morgan fingerprint density at radius 3 is 2.57 bits per heavy atom. The molecule has 0 saturated carbocycles. The van der Waals surface area contributed by atoms with Crippen molar-refractivity contribution in [3.63, 3.8) is 0 Å². The molecule has 2 aromatic heterocycles. The minimum absolute atomic E-state index is 0.0684. The van der Waals surface area contributed by atoms with Crippen molar-refractivity contribution < 1.29 is 13.6 Å². The van der Waals surface area contributed by atoms with Gasteiger partial charge in [-0.05, 0) is 32.4 Å². The number of nitrogens with one attached hydrogen (secondary N) is 1. The number of nitrogens with zero attached hydrogens (tertiary/aromatic N) is 3. The van der Waals surface area contributed by atoms with Crippen LogP contribution < -0.4 is 5.32 Å². The van der Waals surface area contributed by atoms with Gasteiger partial charge in [-0.2, -0.15) is 13.9 Å². The van der Waals surface area contributed by atoms with Crippen molar-refractivity contribution >= 4 is 11.7 Å². The lowest BCUT2D eigenvalue weighted by molar-refractivity contribution is 0.0632. The van der Waals surface area contributed by atoms with E-state index in [2.05, 4.69) is 10.4 Å². The predicted octanol–water partition coefficient (Wildman–Crippen LogP) is 3.05. The van der Waals surface area contributed by atoms with E-state index < -0.39 is 12.5 Å². The number of aryl methyl sites for hydroxylation is 3. The van der Waals surface area contributed by atoms with Crippen LogP contribution in [0, 0.1) is 13.8 Å². The SMILES string of the molecule is CCc1nn(C)c(NC(=O)c2ccc(C)n2C(F)F)c1C. The summed E-state index contributed by atoms with van der Waals surface area (Å²) < 4.78 is 28.3. The van der Waals surface area contributed by atoms with Gasteiger partial charge in [0, 0.05) is 18.3 Å². The minimum Gasteiger partial charge on any atom is -0.305 e. The first-order valence-electron chi connectivity index (χ1n) is 6.66. The first kappa shape index (κ1) is 15.2. The normalized spacial score (nSPS) is 11.2. The largest absolute Gasteiger partial charge is 0.319 e. The zero-order chi connectivity index (χ0) is 15.7. The van der Waals surface area contributed by atoms with E-state index in [-0.39, 0.29) is 5.69 Å². The van der Waals surface area contributed by atoms with Crippen LogP contribution in [0.1, 0.15) is 40.9 Å². The molecule has 1 amide bonds. The smallest absolute Gasteiger partial charge is 0.305 e. The maximum atomic E-state index is 13.0. The Morgan fingerprint density at radius 1 is 1.38 bits per heavy atom. The van der Waals surface area contributed by atoms with E-state index in [0.29, 0.717) is 16.1 Å². The highest BCUT2D eigenvalue weighted by atomic mass is 19.3. The fourth-order valence-electron chi connectivity index (χ4n) is 2.36. The van der Waals surface area contributed by atoms with Crippen LogP contribution in [0.4, 0.5) is 14.6 Å². The molecule has 114 valence electrons. The Kier molecular flexibility index (Phi) is 4.11. The maximum Gasteiger partial charge on any atom is 0.319 e. The van der Waals surface area contributed by atoms with Crippen molar-refractivity contribution in [2.75, 3.05) is 5.32 Å². The summed E-state index contributed by atoms with van der Waals surface area (Å²) in [6, 6.07) is 2.89. The molecule has 0 fully saturated rings. The summed E-state index contributed by atoms with van der Waals surface area (Å²) >= 11 is 0. The Bertz CT molecular complexity index is 673. The van der Waals surface area contributed by atoms with E-state index in [1.54, 1.807) is 11.7 Å². The number of anilines is 1. The summed E-state index contributed by atoms with van der Waals surface area (Å²) in [5.41, 5.74) is 1.99. The molecule has 0 unspecified atom stereocenters. The Labute approximate surface area is 121 Å². The van der Waals surface area contributed by atoms with Crippen molar-refractivity contribution in [1.29, 1.82) is 0 Å². The van der Waals surface area contributed by atoms with Crippen molar-refractivity contribution in [3.8, 4) is 0 Å². The molecule has 2 aromatic rings. The van der Waals surface area contributed by atoms with Gasteiger partial charge in [-0.15, -0.1) is 0 Å². The minimum atomic E-state index is -2.75. The van der Waals surface area contributed by atoms with Gasteiger partial charge in [0.2, 0.25) is 0 Å². The monoisotopic (exact) mass is 296 g/mol. The Hall–Kier alpha value is -2.18. The van der Waals surface area contributed by atoms with E-state index in [1.165, 1.54) is 19.1 Å². The lowest BCUT2D eigenvalue weighted by atomic mass is 10.2. The Balaban J connectivity index is 2.33. The van der Waals surface area contributed by atoms with Crippen LogP contribution in [0.15, 0.2) is 12.1 Å². The lowest BCUT2D eigenvalue weighted by Crippen LogP contribution is -2.20. The highest BCUT2D eigenvalue weighted by Crippen LogP contribution is 2.22. The Morgan fingerprint density at radius 2 is 2.05 bits per heavy atom. The average Bonchev–Trinajstić information content (AvgIpc) is 2.93. The molecular formula is C14H18F2N4O. The zero-order valence-electron chi connectivity index (χ0n) is 12.4. The molecule has 0 aromatic carbocycles. The van der Waals surface area contributed by atoms with Crippen molar-refractivity contribution in [1.82, 2.24) is 14.3 Å². The average molecular weight is 296 g/mol. The molecule has 21 heavy (non-hydrogen) atoms. The summed E-state index contributed by atoms with van der Waals surface area (Å²) in [4.78, 5) is 12.2. The molecule has 0 spiro atoms. The summed E-state index contributed by atoms with van der Waals surface area (Å²) in [5.74, 6) is -0.0475. The van der Waals surface area contributed by atoms with Crippen LogP contribution in [0.2, 0.25) is 0 Å². The van der Waals surface area contributed by atoms with E-state index in [0.717, 1.165) is 17.7 Å². The second kappa shape index (κ2) is 5.67. The number of hydrogen-bond donors (Lipinski definition) is 1. The van der Waals surface area contributed by atoms with Gasteiger partial charge >= 0.3 is 6.55 Å². The first-order valence-corrected chi connectivity index (χ1v) is 6.66.